The van der Waals surface area contributed by atoms with Gasteiger partial charge in [-0.25, -0.2) is 8.78 Å². The number of carboxylic acids is 2. The van der Waals surface area contributed by atoms with Gasteiger partial charge in [0.05, 0.1) is 0 Å². The maximum absolute atomic E-state index is 11.2. The van der Waals surface area contributed by atoms with Crippen molar-refractivity contribution in [2.75, 3.05) is 0 Å². The van der Waals surface area contributed by atoms with E-state index in [1.165, 1.54) is 0 Å². The molecular formula is C9H13F7O4. The van der Waals surface area contributed by atoms with Crippen molar-refractivity contribution in [3.8, 4) is 0 Å². The second kappa shape index (κ2) is 10.3. The van der Waals surface area contributed by atoms with Crippen molar-refractivity contribution in [1.29, 1.82) is 0 Å². The van der Waals surface area contributed by atoms with Gasteiger partial charge in [0, 0.05) is 12.8 Å². The lowest BCUT2D eigenvalue weighted by molar-refractivity contribution is -0.320. The molecule has 0 saturated heterocycles. The third-order valence-corrected chi connectivity index (χ3v) is 1.26. The maximum atomic E-state index is 11.2. The van der Waals surface area contributed by atoms with E-state index in [1.54, 1.807) is 13.8 Å². The lowest BCUT2D eigenvalue weighted by Gasteiger charge is -2.17. The first-order chi connectivity index (χ1) is 8.73. The van der Waals surface area contributed by atoms with Gasteiger partial charge in [0.15, 0.2) is 0 Å². The van der Waals surface area contributed by atoms with E-state index in [0.717, 1.165) is 0 Å². The maximum Gasteiger partial charge on any atom is 0.459 e. The van der Waals surface area contributed by atoms with Crippen molar-refractivity contribution in [1.82, 2.24) is 0 Å². The first kappa shape index (κ1) is 23.5. The summed E-state index contributed by atoms with van der Waals surface area (Å²) in [7, 11) is 0. The molecule has 0 saturated carbocycles. The smallest absolute Gasteiger partial charge is 0.459 e. The molecule has 0 radical (unpaired) electrons. The molecule has 0 aliphatic carbocycles. The van der Waals surface area contributed by atoms with Gasteiger partial charge in [0.2, 0.25) is 0 Å². The minimum atomic E-state index is -6.17. The fraction of sp³-hybridized carbons (Fsp3) is 0.778. The highest BCUT2D eigenvalue weighted by atomic mass is 19.4. The van der Waals surface area contributed by atoms with Crippen LogP contribution in [0.25, 0.3) is 0 Å². The molecule has 0 spiro atoms. The van der Waals surface area contributed by atoms with Crippen molar-refractivity contribution < 1.29 is 50.5 Å². The number of aliphatic carboxylic acids is 2. The van der Waals surface area contributed by atoms with E-state index in [0.29, 0.717) is 0 Å². The van der Waals surface area contributed by atoms with Crippen LogP contribution in [0.3, 0.4) is 0 Å². The van der Waals surface area contributed by atoms with Crippen molar-refractivity contribution in [2.24, 2.45) is 0 Å². The molecule has 2 N–H and O–H groups in total. The van der Waals surface area contributed by atoms with Gasteiger partial charge >= 0.3 is 30.5 Å². The fourth-order valence-electron chi connectivity index (χ4n) is 0.124. The zero-order valence-corrected chi connectivity index (χ0v) is 10.3. The Morgan fingerprint density at radius 2 is 1.10 bits per heavy atom. The Morgan fingerprint density at radius 3 is 1.10 bits per heavy atom. The molecule has 0 atom stereocenters. The summed E-state index contributed by atoms with van der Waals surface area (Å²) in [5.74, 6) is -7.39. The van der Waals surface area contributed by atoms with Crippen LogP contribution in [0.1, 0.15) is 26.7 Å². The third kappa shape index (κ3) is 12.9. The van der Waals surface area contributed by atoms with E-state index in [9.17, 15) is 40.3 Å². The van der Waals surface area contributed by atoms with Crippen LogP contribution >= 0.6 is 0 Å². The number of alkyl halides is 7. The number of halogens is 7. The summed E-state index contributed by atoms with van der Waals surface area (Å²) in [6.45, 7) is 3.20. The summed E-state index contributed by atoms with van der Waals surface area (Å²) >= 11 is 0. The van der Waals surface area contributed by atoms with Crippen molar-refractivity contribution in [3.05, 3.63) is 0 Å². The highest BCUT2D eigenvalue weighted by molar-refractivity contribution is 5.66. The highest BCUT2D eigenvalue weighted by Crippen LogP contribution is 2.39. The molecule has 0 heterocycles. The van der Waals surface area contributed by atoms with E-state index >= 15 is 0 Å². The van der Waals surface area contributed by atoms with E-state index < -0.39 is 30.5 Å². The minimum absolute atomic E-state index is 0.222. The van der Waals surface area contributed by atoms with Crippen molar-refractivity contribution in [2.45, 2.75) is 45.2 Å². The lowest BCUT2D eigenvalue weighted by atomic mass is 10.3. The Bertz CT molecular complexity index is 275. The summed E-state index contributed by atoms with van der Waals surface area (Å²) < 4.78 is 76.6. The number of rotatable bonds is 3. The third-order valence-electron chi connectivity index (χ3n) is 1.26. The number of carboxylic acid groups (broad SMARTS) is 2. The highest BCUT2D eigenvalue weighted by Gasteiger charge is 2.64. The van der Waals surface area contributed by atoms with Crippen LogP contribution < -0.4 is 0 Å². The van der Waals surface area contributed by atoms with Crippen LogP contribution in [0.15, 0.2) is 0 Å². The number of carbonyl (C=O) groups is 2. The second-order valence-corrected chi connectivity index (χ2v) is 2.92. The van der Waals surface area contributed by atoms with Crippen LogP contribution in [0.4, 0.5) is 30.7 Å². The molecule has 0 rings (SSSR count). The largest absolute Gasteiger partial charge is 0.481 e. The summed E-state index contributed by atoms with van der Waals surface area (Å²) in [6, 6.07) is 0. The molecule has 0 aromatic carbocycles. The van der Waals surface area contributed by atoms with E-state index in [1.807, 2.05) is 0 Å². The van der Waals surface area contributed by atoms with Crippen LogP contribution in [0.5, 0.6) is 0 Å². The van der Waals surface area contributed by atoms with Gasteiger partial charge in [-0.3, -0.25) is 9.59 Å². The molecule has 11 heteroatoms. The van der Waals surface area contributed by atoms with Crippen LogP contribution in [-0.2, 0) is 9.59 Å². The lowest BCUT2D eigenvalue weighted by Crippen LogP contribution is -2.42. The predicted octanol–water partition coefficient (Wildman–Crippen LogP) is 3.41. The van der Waals surface area contributed by atoms with Gasteiger partial charge in [-0.1, -0.05) is 13.8 Å². The summed E-state index contributed by atoms with van der Waals surface area (Å²) in [4.78, 5) is 18.7. The van der Waals surface area contributed by atoms with E-state index in [-0.39, 0.29) is 12.8 Å². The molecule has 122 valence electrons. The molecule has 0 bridgehead atoms. The molecule has 0 aromatic rings. The first-order valence-electron chi connectivity index (χ1n) is 4.90. The van der Waals surface area contributed by atoms with Gasteiger partial charge in [-0.05, 0) is 0 Å². The predicted molar refractivity (Wildman–Crippen MR) is 52.9 cm³/mol. The Kier molecular flexibility index (Phi) is 12.1. The SMILES string of the molecule is CCC(=O)O.CCC(=O)O.FC(F)C(F)(F)C(F)(F)F. The Labute approximate surface area is 109 Å². The normalized spacial score (nSPS) is 10.9. The summed E-state index contributed by atoms with van der Waals surface area (Å²) in [6.07, 6.45) is -10.4. The molecule has 20 heavy (non-hydrogen) atoms. The monoisotopic (exact) mass is 318 g/mol. The van der Waals surface area contributed by atoms with Crippen molar-refractivity contribution >= 4 is 11.9 Å². The van der Waals surface area contributed by atoms with Gasteiger partial charge in [0.25, 0.3) is 0 Å². The molecule has 0 aliphatic heterocycles. The minimum Gasteiger partial charge on any atom is -0.481 e. The van der Waals surface area contributed by atoms with Gasteiger partial charge in [0.1, 0.15) is 0 Å². The quantitative estimate of drug-likeness (QED) is 0.782. The average Bonchev–Trinajstić information content (AvgIpc) is 2.28. The first-order valence-corrected chi connectivity index (χ1v) is 4.90. The standard InChI is InChI=1S/C3HF7.2C3H6O2/c4-1(5)2(6,7)3(8,9)10;2*1-2-3(4)5/h1H;2*2H2,1H3,(H,4,5). The van der Waals surface area contributed by atoms with Crippen molar-refractivity contribution in [3.63, 3.8) is 0 Å². The molecule has 0 fully saturated rings. The zero-order chi connectivity index (χ0) is 17.1. The van der Waals surface area contributed by atoms with Crippen LogP contribution in [0.2, 0.25) is 0 Å². The van der Waals surface area contributed by atoms with Crippen LogP contribution in [-0.4, -0.2) is 40.7 Å². The van der Waals surface area contributed by atoms with Crippen LogP contribution in [0, 0.1) is 0 Å². The van der Waals surface area contributed by atoms with Gasteiger partial charge < -0.3 is 10.2 Å². The molecule has 0 aromatic heterocycles. The number of hydrogen-bond donors (Lipinski definition) is 2. The van der Waals surface area contributed by atoms with E-state index in [4.69, 9.17) is 10.2 Å². The number of hydrogen-bond acceptors (Lipinski definition) is 2. The van der Waals surface area contributed by atoms with Gasteiger partial charge in [-0.15, -0.1) is 0 Å². The molecule has 0 unspecified atom stereocenters. The Balaban J connectivity index is -0.000000244. The Morgan fingerprint density at radius 1 is 0.900 bits per heavy atom. The second-order valence-electron chi connectivity index (χ2n) is 2.92. The molecule has 4 nitrogen and oxygen atoms in total. The Hall–Kier alpha value is -1.55. The summed E-state index contributed by atoms with van der Waals surface area (Å²) in [5.41, 5.74) is 0. The molecule has 0 aliphatic rings. The zero-order valence-electron chi connectivity index (χ0n) is 10.3. The summed E-state index contributed by atoms with van der Waals surface area (Å²) in [5, 5.41) is 15.4. The fourth-order valence-corrected chi connectivity index (χ4v) is 0.124. The molecular weight excluding hydrogens is 305 g/mol. The topological polar surface area (TPSA) is 74.6 Å². The van der Waals surface area contributed by atoms with Gasteiger partial charge in [-0.2, -0.15) is 22.0 Å². The average molecular weight is 318 g/mol. The van der Waals surface area contributed by atoms with E-state index in [2.05, 4.69) is 0 Å². The molecule has 0 amide bonds.